The second-order valence-electron chi connectivity index (χ2n) is 6.27. The van der Waals surface area contributed by atoms with Crippen LogP contribution >= 0.6 is 11.3 Å². The Morgan fingerprint density at radius 2 is 2.21 bits per heavy atom. The molecule has 1 aromatic heterocycles. The number of likely N-dealkylation sites (N-methyl/N-ethyl adjacent to an activating group) is 1. The molecule has 2 atom stereocenters. The summed E-state index contributed by atoms with van der Waals surface area (Å²) in [6, 6.07) is 7.52. The minimum atomic E-state index is -0.372. The molecular formula is C18H23N3O2S. The lowest BCUT2D eigenvalue weighted by Gasteiger charge is -2.23. The maximum Gasteiger partial charge on any atom is 0.237 e. The number of aliphatic hydroxyl groups excluding tert-OH is 1. The summed E-state index contributed by atoms with van der Waals surface area (Å²) in [5.41, 5.74) is 4.88. The standard InChI is InChI=1S/C18H23N3O2S/c1-12-17(24-11-19-12)14-7-5-13(6-8-14)15(10-22)20-18(23)16-4-3-9-21(16)2/h5-8,11,15-16,22H,3-4,9-10H2,1-2H3,(H,20,23). The van der Waals surface area contributed by atoms with Gasteiger partial charge in [-0.2, -0.15) is 0 Å². The first-order chi connectivity index (χ1) is 11.6. The summed E-state index contributed by atoms with van der Waals surface area (Å²) in [6.45, 7) is 2.83. The number of amides is 1. The highest BCUT2D eigenvalue weighted by atomic mass is 32.1. The van der Waals surface area contributed by atoms with Crippen molar-refractivity contribution >= 4 is 17.2 Å². The fourth-order valence-corrected chi connectivity index (χ4v) is 4.00. The average molecular weight is 345 g/mol. The molecule has 2 N–H and O–H groups in total. The zero-order valence-electron chi connectivity index (χ0n) is 14.0. The first kappa shape index (κ1) is 17.1. The van der Waals surface area contributed by atoms with Crippen LogP contribution in [0.2, 0.25) is 0 Å². The highest BCUT2D eigenvalue weighted by Crippen LogP contribution is 2.28. The topological polar surface area (TPSA) is 65.5 Å². The van der Waals surface area contributed by atoms with Crippen LogP contribution in [-0.2, 0) is 4.79 Å². The largest absolute Gasteiger partial charge is 0.394 e. The number of nitrogens with one attached hydrogen (secondary N) is 1. The van der Waals surface area contributed by atoms with Crippen molar-refractivity contribution in [2.45, 2.75) is 31.8 Å². The lowest BCUT2D eigenvalue weighted by molar-refractivity contribution is -0.126. The normalized spacial score (nSPS) is 19.4. The highest BCUT2D eigenvalue weighted by molar-refractivity contribution is 7.13. The molecule has 1 saturated heterocycles. The van der Waals surface area contributed by atoms with E-state index in [0.29, 0.717) is 0 Å². The van der Waals surface area contributed by atoms with Gasteiger partial charge < -0.3 is 10.4 Å². The summed E-state index contributed by atoms with van der Waals surface area (Å²) in [5, 5.41) is 12.7. The number of benzene rings is 1. The predicted octanol–water partition coefficient (Wildman–Crippen LogP) is 2.36. The summed E-state index contributed by atoms with van der Waals surface area (Å²) in [4.78, 5) is 19.9. The Kier molecular flexibility index (Phi) is 5.28. The van der Waals surface area contributed by atoms with Crippen LogP contribution in [0.3, 0.4) is 0 Å². The number of carbonyl (C=O) groups excluding carboxylic acids is 1. The average Bonchev–Trinajstić information content (AvgIpc) is 3.21. The fraction of sp³-hybridized carbons (Fsp3) is 0.444. The molecule has 2 aromatic rings. The zero-order chi connectivity index (χ0) is 17.1. The van der Waals surface area contributed by atoms with Crippen molar-refractivity contribution < 1.29 is 9.90 Å². The number of nitrogens with zero attached hydrogens (tertiary/aromatic N) is 2. The number of aliphatic hydroxyl groups is 1. The van der Waals surface area contributed by atoms with Gasteiger partial charge in [0.2, 0.25) is 5.91 Å². The van der Waals surface area contributed by atoms with Gasteiger partial charge in [0.1, 0.15) is 0 Å². The lowest BCUT2D eigenvalue weighted by atomic mass is 10.0. The molecule has 1 fully saturated rings. The third-order valence-electron chi connectivity index (χ3n) is 4.64. The van der Waals surface area contributed by atoms with Gasteiger partial charge in [-0.3, -0.25) is 9.69 Å². The Hall–Kier alpha value is -1.76. The van der Waals surface area contributed by atoms with E-state index in [1.165, 1.54) is 0 Å². The molecule has 24 heavy (non-hydrogen) atoms. The molecule has 0 spiro atoms. The van der Waals surface area contributed by atoms with E-state index in [4.69, 9.17) is 0 Å². The second-order valence-corrected chi connectivity index (χ2v) is 7.13. The Morgan fingerprint density at radius 1 is 1.46 bits per heavy atom. The van der Waals surface area contributed by atoms with Gasteiger partial charge in [0.15, 0.2) is 0 Å². The van der Waals surface area contributed by atoms with Crippen LogP contribution in [0.15, 0.2) is 29.8 Å². The molecule has 1 amide bonds. The quantitative estimate of drug-likeness (QED) is 0.873. The van der Waals surface area contributed by atoms with E-state index in [0.717, 1.165) is 41.1 Å². The smallest absolute Gasteiger partial charge is 0.237 e. The van der Waals surface area contributed by atoms with Gasteiger partial charge in [0.25, 0.3) is 0 Å². The summed E-state index contributed by atoms with van der Waals surface area (Å²) in [7, 11) is 1.97. The van der Waals surface area contributed by atoms with Gasteiger partial charge in [0.05, 0.1) is 34.8 Å². The number of thiazole rings is 1. The van der Waals surface area contributed by atoms with E-state index in [1.807, 2.05) is 43.7 Å². The van der Waals surface area contributed by atoms with Gasteiger partial charge >= 0.3 is 0 Å². The molecule has 2 heterocycles. The fourth-order valence-electron chi connectivity index (χ4n) is 3.19. The SMILES string of the molecule is Cc1ncsc1-c1ccc(C(CO)NC(=O)C2CCCN2C)cc1. The third-order valence-corrected chi connectivity index (χ3v) is 5.62. The summed E-state index contributed by atoms with van der Waals surface area (Å²) in [6.07, 6.45) is 1.92. The number of hydrogen-bond acceptors (Lipinski definition) is 5. The molecule has 3 rings (SSSR count). The van der Waals surface area contributed by atoms with Crippen molar-refractivity contribution in [3.05, 3.63) is 41.0 Å². The Labute approximate surface area is 146 Å². The van der Waals surface area contributed by atoms with Gasteiger partial charge in [-0.15, -0.1) is 11.3 Å². The number of likely N-dealkylation sites (tertiary alicyclic amines) is 1. The molecule has 2 unspecified atom stereocenters. The van der Waals surface area contributed by atoms with Crippen molar-refractivity contribution in [1.29, 1.82) is 0 Å². The minimum absolute atomic E-state index is 0.00331. The predicted molar refractivity (Wildman–Crippen MR) is 95.9 cm³/mol. The molecule has 1 aromatic carbocycles. The maximum atomic E-state index is 12.4. The number of aromatic nitrogens is 1. The van der Waals surface area contributed by atoms with Gasteiger partial charge in [-0.05, 0) is 44.5 Å². The number of aryl methyl sites for hydroxylation is 1. The van der Waals surface area contributed by atoms with Crippen molar-refractivity contribution in [3.63, 3.8) is 0 Å². The molecule has 0 radical (unpaired) electrons. The van der Waals surface area contributed by atoms with Crippen LogP contribution < -0.4 is 5.32 Å². The highest BCUT2D eigenvalue weighted by Gasteiger charge is 2.29. The van der Waals surface area contributed by atoms with E-state index in [2.05, 4.69) is 15.2 Å². The van der Waals surface area contributed by atoms with Crippen LogP contribution in [0.1, 0.15) is 30.1 Å². The van der Waals surface area contributed by atoms with Crippen molar-refractivity contribution in [1.82, 2.24) is 15.2 Å². The van der Waals surface area contributed by atoms with E-state index < -0.39 is 0 Å². The molecule has 128 valence electrons. The van der Waals surface area contributed by atoms with Gasteiger partial charge in [-0.1, -0.05) is 24.3 Å². The van der Waals surface area contributed by atoms with E-state index in [9.17, 15) is 9.90 Å². The molecular weight excluding hydrogens is 322 g/mol. The monoisotopic (exact) mass is 345 g/mol. The molecule has 1 aliphatic rings. The molecule has 0 saturated carbocycles. The number of rotatable bonds is 5. The lowest BCUT2D eigenvalue weighted by Crippen LogP contribution is -2.43. The Balaban J connectivity index is 1.71. The first-order valence-corrected chi connectivity index (χ1v) is 9.10. The third kappa shape index (κ3) is 3.50. The molecule has 0 aliphatic carbocycles. The molecule has 1 aliphatic heterocycles. The van der Waals surface area contributed by atoms with E-state index >= 15 is 0 Å². The van der Waals surface area contributed by atoms with Crippen molar-refractivity contribution in [2.24, 2.45) is 0 Å². The van der Waals surface area contributed by atoms with Crippen molar-refractivity contribution in [2.75, 3.05) is 20.2 Å². The molecule has 6 heteroatoms. The van der Waals surface area contributed by atoms with Crippen LogP contribution in [0.25, 0.3) is 10.4 Å². The first-order valence-electron chi connectivity index (χ1n) is 8.22. The Bertz CT molecular complexity index is 699. The van der Waals surface area contributed by atoms with E-state index in [-0.39, 0.29) is 24.6 Å². The Morgan fingerprint density at radius 3 is 2.75 bits per heavy atom. The van der Waals surface area contributed by atoms with Crippen molar-refractivity contribution in [3.8, 4) is 10.4 Å². The number of hydrogen-bond donors (Lipinski definition) is 2. The number of carbonyl (C=O) groups is 1. The van der Waals surface area contributed by atoms with Crippen LogP contribution in [0.4, 0.5) is 0 Å². The molecule has 0 bridgehead atoms. The molecule has 5 nitrogen and oxygen atoms in total. The maximum absolute atomic E-state index is 12.4. The van der Waals surface area contributed by atoms with Gasteiger partial charge in [0, 0.05) is 0 Å². The summed E-state index contributed by atoms with van der Waals surface area (Å²) >= 11 is 1.61. The van der Waals surface area contributed by atoms with Crippen LogP contribution in [0.5, 0.6) is 0 Å². The van der Waals surface area contributed by atoms with Crippen LogP contribution in [0, 0.1) is 6.92 Å². The summed E-state index contributed by atoms with van der Waals surface area (Å²) < 4.78 is 0. The van der Waals surface area contributed by atoms with Gasteiger partial charge in [-0.25, -0.2) is 4.98 Å². The summed E-state index contributed by atoms with van der Waals surface area (Å²) in [5.74, 6) is -0.00331. The zero-order valence-corrected chi connectivity index (χ0v) is 14.8. The second kappa shape index (κ2) is 7.42. The minimum Gasteiger partial charge on any atom is -0.394 e. The van der Waals surface area contributed by atoms with Crippen LogP contribution in [-0.4, -0.2) is 47.1 Å². The van der Waals surface area contributed by atoms with E-state index in [1.54, 1.807) is 11.3 Å².